The number of benzene rings is 1. The van der Waals surface area contributed by atoms with Crippen LogP contribution in [0.25, 0.3) is 0 Å². The van der Waals surface area contributed by atoms with E-state index in [0.717, 1.165) is 0 Å². The molecule has 2 N–H and O–H groups in total. The van der Waals surface area contributed by atoms with Gasteiger partial charge in [-0.2, -0.15) is 0 Å². The Kier molecular flexibility index (Phi) is 3.60. The molecular formula is C9H11NO4. The van der Waals surface area contributed by atoms with Crippen molar-refractivity contribution in [1.29, 1.82) is 0 Å². The number of nitrogens with two attached hydrogens (primary N) is 1. The summed E-state index contributed by atoms with van der Waals surface area (Å²) in [5.74, 6) is 0.469. The van der Waals surface area contributed by atoms with Crippen molar-refractivity contribution in [2.45, 2.75) is 0 Å². The van der Waals surface area contributed by atoms with Gasteiger partial charge in [-0.25, -0.2) is 4.79 Å². The standard InChI is InChI=1S/C9H11NO4/c1-12-9(11)14-6-13-8-5-3-2-4-7(8)10/h2-5H,6,10H2,1H3. The molecule has 0 aliphatic carbocycles. The van der Waals surface area contributed by atoms with Gasteiger partial charge in [0.1, 0.15) is 5.75 Å². The minimum Gasteiger partial charge on any atom is -0.455 e. The normalized spacial score (nSPS) is 9.21. The summed E-state index contributed by atoms with van der Waals surface area (Å²) in [4.78, 5) is 10.5. The Labute approximate surface area is 81.4 Å². The Bertz CT molecular complexity index is 313. The van der Waals surface area contributed by atoms with Crippen molar-refractivity contribution >= 4 is 11.8 Å². The Morgan fingerprint density at radius 3 is 2.79 bits per heavy atom. The van der Waals surface area contributed by atoms with Crippen molar-refractivity contribution in [3.8, 4) is 5.75 Å². The third-order valence-corrected chi connectivity index (χ3v) is 1.48. The van der Waals surface area contributed by atoms with E-state index < -0.39 is 6.16 Å². The number of anilines is 1. The number of ether oxygens (including phenoxy) is 3. The Morgan fingerprint density at radius 1 is 1.43 bits per heavy atom. The van der Waals surface area contributed by atoms with Crippen molar-refractivity contribution in [3.63, 3.8) is 0 Å². The van der Waals surface area contributed by atoms with Gasteiger partial charge in [-0.3, -0.25) is 0 Å². The van der Waals surface area contributed by atoms with Gasteiger partial charge in [0, 0.05) is 0 Å². The van der Waals surface area contributed by atoms with Crippen molar-refractivity contribution < 1.29 is 19.0 Å². The van der Waals surface area contributed by atoms with E-state index in [-0.39, 0.29) is 6.79 Å². The zero-order valence-electron chi connectivity index (χ0n) is 7.73. The molecule has 0 aliphatic rings. The molecule has 0 aromatic heterocycles. The highest BCUT2D eigenvalue weighted by molar-refractivity contribution is 5.59. The molecule has 0 amide bonds. The molecule has 1 aromatic rings. The number of nitrogen functional groups attached to an aromatic ring is 1. The summed E-state index contributed by atoms with van der Waals surface area (Å²) in [5, 5.41) is 0. The molecule has 1 rings (SSSR count). The number of carbonyl (C=O) groups is 1. The van der Waals surface area contributed by atoms with Crippen LogP contribution in [0.1, 0.15) is 0 Å². The van der Waals surface area contributed by atoms with E-state index in [0.29, 0.717) is 11.4 Å². The van der Waals surface area contributed by atoms with Gasteiger partial charge in [0.05, 0.1) is 12.8 Å². The van der Waals surface area contributed by atoms with Crippen molar-refractivity contribution in [1.82, 2.24) is 0 Å². The Hall–Kier alpha value is -1.91. The first-order valence-corrected chi connectivity index (χ1v) is 3.92. The van der Waals surface area contributed by atoms with Gasteiger partial charge in [0.2, 0.25) is 6.79 Å². The molecule has 0 saturated carbocycles. The topological polar surface area (TPSA) is 70.8 Å². The summed E-state index contributed by atoms with van der Waals surface area (Å²) in [6.07, 6.45) is -0.792. The van der Waals surface area contributed by atoms with Crippen LogP contribution in [0.4, 0.5) is 10.5 Å². The fourth-order valence-corrected chi connectivity index (χ4v) is 0.812. The van der Waals surface area contributed by atoms with Crippen LogP contribution in [0.5, 0.6) is 5.75 Å². The van der Waals surface area contributed by atoms with Crippen LogP contribution >= 0.6 is 0 Å². The van der Waals surface area contributed by atoms with Gasteiger partial charge in [-0.1, -0.05) is 12.1 Å². The molecule has 0 saturated heterocycles. The van der Waals surface area contributed by atoms with Gasteiger partial charge in [-0.05, 0) is 12.1 Å². The second kappa shape index (κ2) is 4.96. The fourth-order valence-electron chi connectivity index (χ4n) is 0.812. The predicted octanol–water partition coefficient (Wildman–Crippen LogP) is 1.39. The lowest BCUT2D eigenvalue weighted by Crippen LogP contribution is -2.10. The molecule has 0 atom stereocenters. The number of para-hydroxylation sites is 2. The maximum absolute atomic E-state index is 10.5. The van der Waals surface area contributed by atoms with Gasteiger partial charge >= 0.3 is 6.16 Å². The summed E-state index contributed by atoms with van der Waals surface area (Å²) in [6, 6.07) is 6.91. The summed E-state index contributed by atoms with van der Waals surface area (Å²) >= 11 is 0. The minimum absolute atomic E-state index is 0.221. The highest BCUT2D eigenvalue weighted by Gasteiger charge is 2.01. The van der Waals surface area contributed by atoms with E-state index in [9.17, 15) is 4.79 Å². The van der Waals surface area contributed by atoms with Crippen LogP contribution in [-0.4, -0.2) is 20.1 Å². The van der Waals surface area contributed by atoms with Crippen LogP contribution < -0.4 is 10.5 Å². The summed E-state index contributed by atoms with van der Waals surface area (Å²) in [7, 11) is 1.22. The summed E-state index contributed by atoms with van der Waals surface area (Å²) in [5.41, 5.74) is 6.06. The third kappa shape index (κ3) is 2.85. The van der Waals surface area contributed by atoms with E-state index in [1.54, 1.807) is 24.3 Å². The number of carbonyl (C=O) groups excluding carboxylic acids is 1. The first-order valence-electron chi connectivity index (χ1n) is 3.92. The summed E-state index contributed by atoms with van der Waals surface area (Å²) in [6.45, 7) is -0.221. The van der Waals surface area contributed by atoms with E-state index >= 15 is 0 Å². The smallest absolute Gasteiger partial charge is 0.455 e. The fraction of sp³-hybridized carbons (Fsp3) is 0.222. The van der Waals surface area contributed by atoms with Crippen LogP contribution in [0.3, 0.4) is 0 Å². The lowest BCUT2D eigenvalue weighted by molar-refractivity contribution is 0.0153. The van der Waals surface area contributed by atoms with Crippen molar-refractivity contribution in [2.24, 2.45) is 0 Å². The average molecular weight is 197 g/mol. The minimum atomic E-state index is -0.792. The molecule has 76 valence electrons. The van der Waals surface area contributed by atoms with Crippen molar-refractivity contribution in [3.05, 3.63) is 24.3 Å². The first-order chi connectivity index (χ1) is 6.74. The SMILES string of the molecule is COC(=O)OCOc1ccccc1N. The summed E-state index contributed by atoms with van der Waals surface area (Å²) < 4.78 is 13.8. The average Bonchev–Trinajstić information content (AvgIpc) is 2.20. The molecule has 14 heavy (non-hydrogen) atoms. The molecule has 0 bridgehead atoms. The maximum Gasteiger partial charge on any atom is 0.510 e. The van der Waals surface area contributed by atoms with E-state index in [1.165, 1.54) is 7.11 Å². The van der Waals surface area contributed by atoms with Crippen LogP contribution in [0.2, 0.25) is 0 Å². The molecule has 0 fully saturated rings. The number of rotatable bonds is 3. The highest BCUT2D eigenvalue weighted by atomic mass is 16.8. The van der Waals surface area contributed by atoms with Crippen LogP contribution in [0.15, 0.2) is 24.3 Å². The maximum atomic E-state index is 10.5. The first kappa shape index (κ1) is 10.2. The second-order valence-electron chi connectivity index (χ2n) is 2.40. The molecule has 5 nitrogen and oxygen atoms in total. The molecule has 0 heterocycles. The van der Waals surface area contributed by atoms with Gasteiger partial charge < -0.3 is 19.9 Å². The largest absolute Gasteiger partial charge is 0.510 e. The van der Waals surface area contributed by atoms with Crippen LogP contribution in [0, 0.1) is 0 Å². The lowest BCUT2D eigenvalue weighted by Gasteiger charge is -2.07. The number of hydrogen-bond acceptors (Lipinski definition) is 5. The van der Waals surface area contributed by atoms with Gasteiger partial charge in [0.25, 0.3) is 0 Å². The van der Waals surface area contributed by atoms with E-state index in [4.69, 9.17) is 10.5 Å². The quantitative estimate of drug-likeness (QED) is 0.450. The third-order valence-electron chi connectivity index (χ3n) is 1.48. The van der Waals surface area contributed by atoms with Gasteiger partial charge in [0.15, 0.2) is 0 Å². The Morgan fingerprint density at radius 2 is 2.14 bits per heavy atom. The van der Waals surface area contributed by atoms with E-state index in [2.05, 4.69) is 9.47 Å². The molecule has 0 unspecified atom stereocenters. The lowest BCUT2D eigenvalue weighted by atomic mass is 10.3. The zero-order chi connectivity index (χ0) is 10.4. The number of hydrogen-bond donors (Lipinski definition) is 1. The van der Waals surface area contributed by atoms with E-state index in [1.807, 2.05) is 0 Å². The molecule has 0 spiro atoms. The Balaban J connectivity index is 2.39. The molecule has 0 radical (unpaired) electrons. The molecule has 5 heteroatoms. The predicted molar refractivity (Wildman–Crippen MR) is 49.8 cm³/mol. The second-order valence-corrected chi connectivity index (χ2v) is 2.40. The highest BCUT2D eigenvalue weighted by Crippen LogP contribution is 2.19. The number of methoxy groups -OCH3 is 1. The van der Waals surface area contributed by atoms with Gasteiger partial charge in [-0.15, -0.1) is 0 Å². The molecule has 0 aliphatic heterocycles. The molecular weight excluding hydrogens is 186 g/mol. The monoisotopic (exact) mass is 197 g/mol. The molecule has 1 aromatic carbocycles. The van der Waals surface area contributed by atoms with Crippen molar-refractivity contribution in [2.75, 3.05) is 19.6 Å². The van der Waals surface area contributed by atoms with Crippen LogP contribution in [-0.2, 0) is 9.47 Å². The zero-order valence-corrected chi connectivity index (χ0v) is 7.73.